The van der Waals surface area contributed by atoms with Crippen LogP contribution in [0.2, 0.25) is 0 Å². The number of likely N-dealkylation sites (N-methyl/N-ethyl adjacent to an activating group) is 1. The molecule has 4 amide bonds. The molecule has 3 N–H and O–H groups in total. The molecule has 13 nitrogen and oxygen atoms in total. The van der Waals surface area contributed by atoms with Gasteiger partial charge < -0.3 is 35.1 Å². The Kier molecular flexibility index (Phi) is 14.2. The summed E-state index contributed by atoms with van der Waals surface area (Å²) < 4.78 is 16.5. The lowest BCUT2D eigenvalue weighted by molar-refractivity contribution is -0.157. The van der Waals surface area contributed by atoms with Gasteiger partial charge in [0, 0.05) is 19.4 Å². The smallest absolute Gasteiger partial charge is 0.407 e. The van der Waals surface area contributed by atoms with Crippen LogP contribution in [0.4, 0.5) is 4.79 Å². The van der Waals surface area contributed by atoms with E-state index in [1.54, 1.807) is 20.8 Å². The number of alkyl carbamates (subject to hydrolysis) is 1. The minimum absolute atomic E-state index is 0.0169. The summed E-state index contributed by atoms with van der Waals surface area (Å²) in [7, 11) is 1.32. The average Bonchev–Trinajstić information content (AvgIpc) is 3.51. The van der Waals surface area contributed by atoms with Crippen LogP contribution < -0.4 is 16.0 Å². The van der Waals surface area contributed by atoms with E-state index in [1.807, 2.05) is 109 Å². The van der Waals surface area contributed by atoms with Gasteiger partial charge in [0.1, 0.15) is 30.9 Å². The third-order valence-electron chi connectivity index (χ3n) is 9.05. The lowest BCUT2D eigenvalue weighted by atomic mass is 9.98. The summed E-state index contributed by atoms with van der Waals surface area (Å²) in [6.45, 7) is 3.99. The van der Waals surface area contributed by atoms with Crippen molar-refractivity contribution in [2.24, 2.45) is 0 Å². The van der Waals surface area contributed by atoms with Crippen LogP contribution in [0.15, 0.2) is 109 Å². The number of carbonyl (C=O) groups excluding carboxylic acids is 6. The molecule has 0 aliphatic heterocycles. The number of benzene rings is 4. The summed E-state index contributed by atoms with van der Waals surface area (Å²) in [5.41, 5.74) is 4.81. The standard InChI is InChI=1S/C44H48N4O9/c1-44(2,3)57-40(51)24-36(47-43(54)56-28-35-33-21-13-11-19-31(33)32-20-12-14-22-34(32)35)41(52)48(4)26-39(50)45-25-38(49)46-37(23-29-15-7-5-8-16-29)42(53)55-27-30-17-9-6-10-18-30/h5-22,35-37H,23-28H2,1-4H3,(H,45,50)(H,46,49)(H,47,54)/t36-,37-/m0/s1. The zero-order valence-corrected chi connectivity index (χ0v) is 32.5. The number of esters is 2. The van der Waals surface area contributed by atoms with Crippen molar-refractivity contribution in [1.82, 2.24) is 20.9 Å². The Balaban J connectivity index is 1.16. The Morgan fingerprint density at radius 1 is 0.684 bits per heavy atom. The fourth-order valence-electron chi connectivity index (χ4n) is 6.44. The van der Waals surface area contributed by atoms with E-state index in [0.717, 1.165) is 38.3 Å². The molecular weight excluding hydrogens is 729 g/mol. The van der Waals surface area contributed by atoms with Crippen LogP contribution in [0.25, 0.3) is 11.1 Å². The Morgan fingerprint density at radius 2 is 1.25 bits per heavy atom. The number of fused-ring (bicyclic) bond motifs is 3. The van der Waals surface area contributed by atoms with Gasteiger partial charge in [-0.1, -0.05) is 109 Å². The van der Waals surface area contributed by atoms with Crippen LogP contribution in [0.5, 0.6) is 0 Å². The molecule has 4 aromatic rings. The van der Waals surface area contributed by atoms with Crippen LogP contribution in [-0.4, -0.2) is 85.1 Å². The fourth-order valence-corrected chi connectivity index (χ4v) is 6.44. The van der Waals surface area contributed by atoms with Crippen LogP contribution in [0.3, 0.4) is 0 Å². The molecule has 0 aromatic heterocycles. The minimum Gasteiger partial charge on any atom is -0.460 e. The van der Waals surface area contributed by atoms with Crippen LogP contribution in [0.1, 0.15) is 55.4 Å². The van der Waals surface area contributed by atoms with Crippen molar-refractivity contribution in [3.05, 3.63) is 131 Å². The number of hydrogen-bond donors (Lipinski definition) is 3. The number of nitrogens with one attached hydrogen (secondary N) is 3. The van der Waals surface area contributed by atoms with Crippen LogP contribution in [0, 0.1) is 0 Å². The number of ether oxygens (including phenoxy) is 3. The third-order valence-corrected chi connectivity index (χ3v) is 9.05. The molecule has 0 fully saturated rings. The molecule has 0 saturated heterocycles. The second-order valence-electron chi connectivity index (χ2n) is 14.7. The molecule has 57 heavy (non-hydrogen) atoms. The van der Waals surface area contributed by atoms with Gasteiger partial charge in [-0.05, 0) is 54.2 Å². The SMILES string of the molecule is CN(CC(=O)NCC(=O)N[C@@H](Cc1ccccc1)C(=O)OCc1ccccc1)C(=O)[C@H](CC(=O)OC(C)(C)C)NC(=O)OCC1c2ccccc2-c2ccccc21. The lowest BCUT2D eigenvalue weighted by Gasteiger charge is -2.26. The van der Waals surface area contributed by atoms with Gasteiger partial charge in [-0.25, -0.2) is 9.59 Å². The largest absolute Gasteiger partial charge is 0.460 e. The van der Waals surface area contributed by atoms with E-state index in [0.29, 0.717) is 0 Å². The van der Waals surface area contributed by atoms with E-state index in [9.17, 15) is 28.8 Å². The summed E-state index contributed by atoms with van der Waals surface area (Å²) in [5.74, 6) is -3.76. The Hall–Kier alpha value is -6.50. The Morgan fingerprint density at radius 3 is 1.84 bits per heavy atom. The van der Waals surface area contributed by atoms with Gasteiger partial charge in [-0.3, -0.25) is 19.2 Å². The zero-order chi connectivity index (χ0) is 41.0. The van der Waals surface area contributed by atoms with E-state index in [4.69, 9.17) is 14.2 Å². The molecule has 298 valence electrons. The summed E-state index contributed by atoms with van der Waals surface area (Å²) in [6, 6.07) is 31.4. The summed E-state index contributed by atoms with van der Waals surface area (Å²) >= 11 is 0. The highest BCUT2D eigenvalue weighted by atomic mass is 16.6. The first kappa shape index (κ1) is 41.7. The van der Waals surface area contributed by atoms with Crippen molar-refractivity contribution in [3.63, 3.8) is 0 Å². The quantitative estimate of drug-likeness (QED) is 0.108. The molecule has 1 aliphatic carbocycles. The maximum Gasteiger partial charge on any atom is 0.407 e. The summed E-state index contributed by atoms with van der Waals surface area (Å²) in [5, 5.41) is 7.58. The normalized spacial score (nSPS) is 12.8. The second kappa shape index (κ2) is 19.4. The molecule has 1 aliphatic rings. The van der Waals surface area contributed by atoms with E-state index in [1.165, 1.54) is 7.05 Å². The van der Waals surface area contributed by atoms with Gasteiger partial charge in [0.2, 0.25) is 17.7 Å². The molecule has 0 radical (unpaired) electrons. The van der Waals surface area contributed by atoms with Gasteiger partial charge in [-0.15, -0.1) is 0 Å². The lowest BCUT2D eigenvalue weighted by Crippen LogP contribution is -2.52. The van der Waals surface area contributed by atoms with E-state index >= 15 is 0 Å². The molecule has 0 saturated carbocycles. The van der Waals surface area contributed by atoms with E-state index < -0.39 is 72.9 Å². The molecule has 13 heteroatoms. The monoisotopic (exact) mass is 776 g/mol. The van der Waals surface area contributed by atoms with Gasteiger partial charge in [0.25, 0.3) is 0 Å². The van der Waals surface area contributed by atoms with Crippen molar-refractivity contribution < 1.29 is 43.0 Å². The van der Waals surface area contributed by atoms with Crippen molar-refractivity contribution in [3.8, 4) is 11.1 Å². The first-order valence-electron chi connectivity index (χ1n) is 18.7. The molecular formula is C44H48N4O9. The maximum absolute atomic E-state index is 13.6. The Bertz CT molecular complexity index is 2000. The minimum atomic E-state index is -1.43. The second-order valence-corrected chi connectivity index (χ2v) is 14.7. The summed E-state index contributed by atoms with van der Waals surface area (Å²) in [6.07, 6.45) is -1.31. The maximum atomic E-state index is 13.6. The molecule has 4 aromatic carbocycles. The van der Waals surface area contributed by atoms with Crippen molar-refractivity contribution in [2.45, 2.75) is 63.8 Å². The highest BCUT2D eigenvalue weighted by Gasteiger charge is 2.33. The van der Waals surface area contributed by atoms with Crippen molar-refractivity contribution in [1.29, 1.82) is 0 Å². The number of hydrogen-bond acceptors (Lipinski definition) is 9. The van der Waals surface area contributed by atoms with Crippen molar-refractivity contribution >= 4 is 35.8 Å². The molecule has 0 spiro atoms. The first-order chi connectivity index (χ1) is 27.3. The predicted octanol–water partition coefficient (Wildman–Crippen LogP) is 4.67. The zero-order valence-electron chi connectivity index (χ0n) is 32.5. The van der Waals surface area contributed by atoms with Gasteiger partial charge in [0.05, 0.1) is 19.5 Å². The van der Waals surface area contributed by atoms with Gasteiger partial charge in [-0.2, -0.15) is 0 Å². The van der Waals surface area contributed by atoms with Crippen LogP contribution in [-0.2, 0) is 51.2 Å². The highest BCUT2D eigenvalue weighted by Crippen LogP contribution is 2.44. The topological polar surface area (TPSA) is 169 Å². The highest BCUT2D eigenvalue weighted by molar-refractivity contribution is 5.93. The predicted molar refractivity (Wildman–Crippen MR) is 211 cm³/mol. The summed E-state index contributed by atoms with van der Waals surface area (Å²) in [4.78, 5) is 79.7. The first-order valence-corrected chi connectivity index (χ1v) is 18.7. The average molecular weight is 777 g/mol. The van der Waals surface area contributed by atoms with E-state index in [-0.39, 0.29) is 25.6 Å². The number of carbonyl (C=O) groups is 6. The van der Waals surface area contributed by atoms with Crippen LogP contribution >= 0.6 is 0 Å². The molecule has 0 heterocycles. The molecule has 2 atom stereocenters. The molecule has 5 rings (SSSR count). The number of amides is 4. The van der Waals surface area contributed by atoms with Gasteiger partial charge in [0.15, 0.2) is 0 Å². The fraction of sp³-hybridized carbons (Fsp3) is 0.318. The number of nitrogens with zero attached hydrogens (tertiary/aromatic N) is 1. The van der Waals surface area contributed by atoms with Gasteiger partial charge >= 0.3 is 18.0 Å². The molecule has 0 bridgehead atoms. The van der Waals surface area contributed by atoms with Crippen molar-refractivity contribution in [2.75, 3.05) is 26.7 Å². The Labute approximate surface area is 332 Å². The molecule has 0 unspecified atom stereocenters. The number of rotatable bonds is 16. The van der Waals surface area contributed by atoms with E-state index in [2.05, 4.69) is 16.0 Å². The third kappa shape index (κ3) is 12.2.